The van der Waals surface area contributed by atoms with Crippen molar-refractivity contribution in [3.8, 4) is 5.75 Å². The molecule has 1 aliphatic heterocycles. The number of hydrogen-bond acceptors (Lipinski definition) is 2. The van der Waals surface area contributed by atoms with E-state index in [2.05, 4.69) is 67.6 Å². The number of fused-ring (bicyclic) bond motifs is 3. The second-order valence-electron chi connectivity index (χ2n) is 10.6. The Kier molecular flexibility index (Phi) is 6.44. The van der Waals surface area contributed by atoms with Crippen molar-refractivity contribution in [2.24, 2.45) is 0 Å². The lowest BCUT2D eigenvalue weighted by molar-refractivity contribution is 0.156. The number of ether oxygens (including phenoxy) is 1. The fraction of sp³-hybridized carbons (Fsp3) is 0.167. The van der Waals surface area contributed by atoms with Gasteiger partial charge in [-0.25, -0.2) is 4.39 Å². The molecule has 1 aliphatic rings. The average molecular weight is 514 g/mol. The van der Waals surface area contributed by atoms with Gasteiger partial charge < -0.3 is 9.64 Å². The van der Waals surface area contributed by atoms with E-state index in [1.807, 2.05) is 67.5 Å². The third-order valence-electron chi connectivity index (χ3n) is 7.84. The summed E-state index contributed by atoms with van der Waals surface area (Å²) in [6.07, 6.45) is 5.10. The minimum absolute atomic E-state index is 0.292. The summed E-state index contributed by atoms with van der Waals surface area (Å²) < 4.78 is 22.1. The van der Waals surface area contributed by atoms with E-state index >= 15 is 4.39 Å². The van der Waals surface area contributed by atoms with Crippen LogP contribution in [0.25, 0.3) is 16.8 Å². The SMILES string of the molecule is CC(Cc1ccccc1)c1ccc2c3c(ccc2c1)OC(c1ccc(N(C)C)cc1)(c1ccccc1F)C=C3. The number of anilines is 1. The molecule has 5 aromatic carbocycles. The number of benzene rings is 5. The maximum atomic E-state index is 15.3. The zero-order chi connectivity index (χ0) is 27.0. The van der Waals surface area contributed by atoms with E-state index in [0.29, 0.717) is 11.5 Å². The molecular weight excluding hydrogens is 481 g/mol. The topological polar surface area (TPSA) is 12.5 Å². The highest BCUT2D eigenvalue weighted by Crippen LogP contribution is 2.45. The van der Waals surface area contributed by atoms with Crippen molar-refractivity contribution in [2.45, 2.75) is 24.9 Å². The summed E-state index contributed by atoms with van der Waals surface area (Å²) in [6.45, 7) is 2.28. The van der Waals surface area contributed by atoms with Crippen LogP contribution >= 0.6 is 0 Å². The van der Waals surface area contributed by atoms with Crippen molar-refractivity contribution in [3.63, 3.8) is 0 Å². The summed E-state index contributed by atoms with van der Waals surface area (Å²) >= 11 is 0. The lowest BCUT2D eigenvalue weighted by Crippen LogP contribution is -2.35. The fourth-order valence-electron chi connectivity index (χ4n) is 5.64. The van der Waals surface area contributed by atoms with Crippen molar-refractivity contribution in [3.05, 3.63) is 149 Å². The minimum Gasteiger partial charge on any atom is -0.473 e. The molecule has 2 nitrogen and oxygen atoms in total. The van der Waals surface area contributed by atoms with Gasteiger partial charge in [-0.15, -0.1) is 0 Å². The van der Waals surface area contributed by atoms with Gasteiger partial charge in [-0.1, -0.05) is 91.9 Å². The average Bonchev–Trinajstić information content (AvgIpc) is 2.97. The second kappa shape index (κ2) is 10.1. The molecule has 3 heteroatoms. The molecule has 0 aliphatic carbocycles. The molecule has 2 unspecified atom stereocenters. The Morgan fingerprint density at radius 2 is 1.56 bits per heavy atom. The first kappa shape index (κ1) is 24.9. The molecule has 0 N–H and O–H groups in total. The standard InChI is InChI=1S/C36H32FNO/c1-25(23-26-9-5-4-6-10-26)27-13-19-31-28(24-27)14-20-35-32(31)21-22-36(39-35,33-11-7-8-12-34(33)37)29-15-17-30(18-16-29)38(2)3/h4-22,24-25H,23H2,1-3H3. The molecule has 39 heavy (non-hydrogen) atoms. The van der Waals surface area contributed by atoms with Gasteiger partial charge in [0.1, 0.15) is 11.6 Å². The van der Waals surface area contributed by atoms with Crippen molar-refractivity contribution in [2.75, 3.05) is 19.0 Å². The molecule has 0 fully saturated rings. The summed E-state index contributed by atoms with van der Waals surface area (Å²) in [7, 11) is 4.02. The first-order chi connectivity index (χ1) is 18.9. The van der Waals surface area contributed by atoms with E-state index in [1.54, 1.807) is 6.07 Å². The van der Waals surface area contributed by atoms with Crippen LogP contribution in [0, 0.1) is 5.82 Å². The Balaban J connectivity index is 1.40. The summed E-state index contributed by atoms with van der Waals surface area (Å²) in [5, 5.41) is 2.30. The van der Waals surface area contributed by atoms with E-state index < -0.39 is 5.60 Å². The van der Waals surface area contributed by atoms with Crippen LogP contribution in [0.2, 0.25) is 0 Å². The lowest BCUT2D eigenvalue weighted by Gasteiger charge is -2.36. The largest absolute Gasteiger partial charge is 0.473 e. The molecule has 6 rings (SSSR count). The molecule has 0 radical (unpaired) electrons. The predicted octanol–water partition coefficient (Wildman–Crippen LogP) is 8.74. The summed E-state index contributed by atoms with van der Waals surface area (Å²) in [6, 6.07) is 36.5. The van der Waals surface area contributed by atoms with Gasteiger partial charge >= 0.3 is 0 Å². The Bertz CT molecular complexity index is 1660. The molecule has 0 spiro atoms. The maximum Gasteiger partial charge on any atom is 0.180 e. The Morgan fingerprint density at radius 3 is 2.31 bits per heavy atom. The number of hydrogen-bond donors (Lipinski definition) is 0. The lowest BCUT2D eigenvalue weighted by atomic mass is 9.82. The normalized spacial score (nSPS) is 16.9. The van der Waals surface area contributed by atoms with E-state index in [-0.39, 0.29) is 5.82 Å². The Labute approximate surface area is 230 Å². The number of halogens is 1. The molecule has 1 heterocycles. The van der Waals surface area contributed by atoms with Crippen molar-refractivity contribution in [1.29, 1.82) is 0 Å². The molecule has 0 amide bonds. The van der Waals surface area contributed by atoms with Gasteiger partial charge in [-0.05, 0) is 70.7 Å². The van der Waals surface area contributed by atoms with E-state index in [9.17, 15) is 0 Å². The molecule has 2 atom stereocenters. The zero-order valence-electron chi connectivity index (χ0n) is 22.6. The van der Waals surface area contributed by atoms with Crippen molar-refractivity contribution in [1.82, 2.24) is 0 Å². The fourth-order valence-corrected chi connectivity index (χ4v) is 5.64. The highest BCUT2D eigenvalue weighted by atomic mass is 19.1. The van der Waals surface area contributed by atoms with E-state index in [1.165, 1.54) is 22.6 Å². The van der Waals surface area contributed by atoms with Crippen LogP contribution in [0.3, 0.4) is 0 Å². The van der Waals surface area contributed by atoms with Gasteiger partial charge in [-0.3, -0.25) is 0 Å². The molecule has 0 bridgehead atoms. The van der Waals surface area contributed by atoms with Crippen LogP contribution < -0.4 is 9.64 Å². The third-order valence-corrected chi connectivity index (χ3v) is 7.84. The number of nitrogens with zero attached hydrogens (tertiary/aromatic N) is 1. The van der Waals surface area contributed by atoms with E-state index in [0.717, 1.165) is 34.4 Å². The quantitative estimate of drug-likeness (QED) is 0.225. The van der Waals surface area contributed by atoms with Crippen LogP contribution in [0.1, 0.15) is 40.7 Å². The predicted molar refractivity (Wildman–Crippen MR) is 160 cm³/mol. The Morgan fingerprint density at radius 1 is 0.821 bits per heavy atom. The number of rotatable bonds is 6. The summed E-state index contributed by atoms with van der Waals surface area (Å²) in [5.74, 6) is 0.855. The van der Waals surface area contributed by atoms with Crippen molar-refractivity contribution < 1.29 is 9.13 Å². The van der Waals surface area contributed by atoms with Gasteiger partial charge in [0.15, 0.2) is 5.60 Å². The van der Waals surface area contributed by atoms with Gasteiger partial charge in [0.05, 0.1) is 0 Å². The molecule has 0 saturated heterocycles. The molecular formula is C36H32FNO. The van der Waals surface area contributed by atoms with Gasteiger partial charge in [0, 0.05) is 36.5 Å². The first-order valence-electron chi connectivity index (χ1n) is 13.5. The smallest absolute Gasteiger partial charge is 0.180 e. The molecule has 5 aromatic rings. The van der Waals surface area contributed by atoms with Gasteiger partial charge in [-0.2, -0.15) is 0 Å². The zero-order valence-corrected chi connectivity index (χ0v) is 22.6. The Hall–Kier alpha value is -4.37. The third kappa shape index (κ3) is 4.59. The van der Waals surface area contributed by atoms with Gasteiger partial charge in [0.2, 0.25) is 0 Å². The van der Waals surface area contributed by atoms with E-state index in [4.69, 9.17) is 4.74 Å². The van der Waals surface area contributed by atoms with Crippen LogP contribution in [0.4, 0.5) is 10.1 Å². The highest BCUT2D eigenvalue weighted by Gasteiger charge is 2.39. The van der Waals surface area contributed by atoms with Crippen LogP contribution in [0.5, 0.6) is 5.75 Å². The summed E-state index contributed by atoms with van der Waals surface area (Å²) in [5.41, 5.74) is 5.06. The summed E-state index contributed by atoms with van der Waals surface area (Å²) in [4.78, 5) is 2.05. The van der Waals surface area contributed by atoms with Crippen LogP contribution in [-0.4, -0.2) is 14.1 Å². The second-order valence-corrected chi connectivity index (χ2v) is 10.6. The van der Waals surface area contributed by atoms with Crippen LogP contribution in [-0.2, 0) is 12.0 Å². The van der Waals surface area contributed by atoms with Crippen LogP contribution in [0.15, 0.2) is 115 Å². The molecule has 0 saturated carbocycles. The first-order valence-corrected chi connectivity index (χ1v) is 13.5. The highest BCUT2D eigenvalue weighted by molar-refractivity contribution is 5.94. The van der Waals surface area contributed by atoms with Gasteiger partial charge in [0.25, 0.3) is 0 Å². The monoisotopic (exact) mass is 513 g/mol. The maximum absolute atomic E-state index is 15.3. The molecule has 194 valence electrons. The molecule has 0 aromatic heterocycles. The van der Waals surface area contributed by atoms with Crippen molar-refractivity contribution >= 4 is 22.5 Å². The minimum atomic E-state index is -1.07.